The van der Waals surface area contributed by atoms with Gasteiger partial charge in [-0.2, -0.15) is 0 Å². The fraction of sp³-hybridized carbons (Fsp3) is 0.462. The maximum absolute atomic E-state index is 11.7. The lowest BCUT2D eigenvalue weighted by Crippen LogP contribution is -2.16. The average Bonchev–Trinajstić information content (AvgIpc) is 2.79. The molecule has 1 atom stereocenters. The zero-order valence-electron chi connectivity index (χ0n) is 19.6. The standard InChI is InChI=1S/C26H37NO4/c1-7-11-13-21(8-2)25(30-10-4)27-16-12-17-31-24-15-14-23(22(9-3)19-24)18-20(5)26(28)29-6/h7-8,11,13-15,19-20H,2,9-10,12,16-18H2,1,3-6H3/b11-7-,21-13+,27-25?/t20-/m0/s1. The summed E-state index contributed by atoms with van der Waals surface area (Å²) in [5.41, 5.74) is 3.21. The molecule has 0 spiro atoms. The molecule has 5 heteroatoms. The quantitative estimate of drug-likeness (QED) is 0.137. The van der Waals surface area contributed by atoms with Crippen LogP contribution in [-0.4, -0.2) is 38.7 Å². The lowest BCUT2D eigenvalue weighted by molar-refractivity contribution is -0.144. The summed E-state index contributed by atoms with van der Waals surface area (Å²) in [5.74, 6) is 1.09. The second-order valence-corrected chi connectivity index (χ2v) is 7.09. The van der Waals surface area contributed by atoms with Gasteiger partial charge in [0.15, 0.2) is 0 Å². The molecule has 0 aliphatic rings. The number of allylic oxidation sites excluding steroid dienone is 3. The van der Waals surface area contributed by atoms with E-state index in [0.29, 0.717) is 32.1 Å². The van der Waals surface area contributed by atoms with Crippen LogP contribution in [0.3, 0.4) is 0 Å². The molecule has 0 amide bonds. The van der Waals surface area contributed by atoms with Gasteiger partial charge in [-0.1, -0.05) is 44.7 Å². The van der Waals surface area contributed by atoms with Gasteiger partial charge in [-0.3, -0.25) is 9.79 Å². The molecule has 31 heavy (non-hydrogen) atoms. The molecule has 1 rings (SSSR count). The number of esters is 1. The van der Waals surface area contributed by atoms with Gasteiger partial charge in [0, 0.05) is 18.5 Å². The van der Waals surface area contributed by atoms with Crippen LogP contribution in [0.1, 0.15) is 45.2 Å². The summed E-state index contributed by atoms with van der Waals surface area (Å²) in [5, 5.41) is 0. The van der Waals surface area contributed by atoms with Gasteiger partial charge in [-0.25, -0.2) is 0 Å². The van der Waals surface area contributed by atoms with Crippen LogP contribution in [-0.2, 0) is 27.1 Å². The molecular weight excluding hydrogens is 390 g/mol. The second-order valence-electron chi connectivity index (χ2n) is 7.09. The van der Waals surface area contributed by atoms with Crippen molar-refractivity contribution in [2.45, 2.75) is 47.0 Å². The number of benzene rings is 1. The highest BCUT2D eigenvalue weighted by atomic mass is 16.5. The van der Waals surface area contributed by atoms with Crippen molar-refractivity contribution >= 4 is 11.9 Å². The van der Waals surface area contributed by atoms with Crippen LogP contribution in [0, 0.1) is 5.92 Å². The first-order valence-electron chi connectivity index (χ1n) is 11.0. The highest BCUT2D eigenvalue weighted by molar-refractivity contribution is 5.96. The second kappa shape index (κ2) is 15.1. The number of carbonyl (C=O) groups is 1. The van der Waals surface area contributed by atoms with Gasteiger partial charge in [0.25, 0.3) is 0 Å². The van der Waals surface area contributed by atoms with Crippen molar-refractivity contribution in [3.05, 3.63) is 65.8 Å². The van der Waals surface area contributed by atoms with Crippen LogP contribution in [0.5, 0.6) is 5.75 Å². The summed E-state index contributed by atoms with van der Waals surface area (Å²) in [6.45, 7) is 13.5. The molecular formula is C26H37NO4. The Morgan fingerprint density at radius 1 is 1.26 bits per heavy atom. The fourth-order valence-electron chi connectivity index (χ4n) is 3.05. The fourth-order valence-corrected chi connectivity index (χ4v) is 3.05. The monoisotopic (exact) mass is 427 g/mol. The minimum atomic E-state index is -0.186. The van der Waals surface area contributed by atoms with E-state index in [1.165, 1.54) is 12.7 Å². The number of carbonyl (C=O) groups excluding carboxylic acids is 1. The molecule has 0 N–H and O–H groups in total. The molecule has 0 radical (unpaired) electrons. The van der Waals surface area contributed by atoms with Crippen molar-refractivity contribution < 1.29 is 19.0 Å². The number of aryl methyl sites for hydroxylation is 1. The van der Waals surface area contributed by atoms with Crippen molar-refractivity contribution in [3.8, 4) is 5.75 Å². The lowest BCUT2D eigenvalue weighted by Gasteiger charge is -2.14. The van der Waals surface area contributed by atoms with Gasteiger partial charge in [0.1, 0.15) is 5.75 Å². The number of hydrogen-bond acceptors (Lipinski definition) is 5. The largest absolute Gasteiger partial charge is 0.494 e. The Kier molecular flexibility index (Phi) is 12.7. The Morgan fingerprint density at radius 3 is 2.65 bits per heavy atom. The number of ether oxygens (including phenoxy) is 3. The Balaban J connectivity index is 2.67. The van der Waals surface area contributed by atoms with Gasteiger partial charge in [0.2, 0.25) is 5.90 Å². The summed E-state index contributed by atoms with van der Waals surface area (Å²) in [4.78, 5) is 16.3. The lowest BCUT2D eigenvalue weighted by atomic mass is 9.95. The minimum Gasteiger partial charge on any atom is -0.494 e. The smallest absolute Gasteiger partial charge is 0.308 e. The molecule has 0 saturated carbocycles. The van der Waals surface area contributed by atoms with E-state index in [-0.39, 0.29) is 11.9 Å². The van der Waals surface area contributed by atoms with E-state index in [2.05, 4.69) is 24.6 Å². The molecule has 1 aromatic carbocycles. The van der Waals surface area contributed by atoms with Crippen molar-refractivity contribution in [3.63, 3.8) is 0 Å². The highest BCUT2D eigenvalue weighted by Crippen LogP contribution is 2.22. The maximum Gasteiger partial charge on any atom is 0.308 e. The number of nitrogens with zero attached hydrogens (tertiary/aromatic N) is 1. The first-order chi connectivity index (χ1) is 15.0. The number of rotatable bonds is 13. The third-order valence-corrected chi connectivity index (χ3v) is 4.73. The molecule has 170 valence electrons. The third kappa shape index (κ3) is 9.24. The van der Waals surface area contributed by atoms with Crippen LogP contribution in [0.25, 0.3) is 0 Å². The van der Waals surface area contributed by atoms with E-state index < -0.39 is 0 Å². The SMILES string of the molecule is C=C/C(=C\C=C/C)C(=NCCCOc1ccc(C[C@H](C)C(=O)OC)c(CC)c1)OCC. The summed E-state index contributed by atoms with van der Waals surface area (Å²) in [6, 6.07) is 6.06. The summed E-state index contributed by atoms with van der Waals surface area (Å²) in [6.07, 6.45) is 9.89. The summed E-state index contributed by atoms with van der Waals surface area (Å²) in [7, 11) is 1.43. The van der Waals surface area contributed by atoms with E-state index in [0.717, 1.165) is 29.7 Å². The van der Waals surface area contributed by atoms with Gasteiger partial charge < -0.3 is 14.2 Å². The van der Waals surface area contributed by atoms with Crippen LogP contribution >= 0.6 is 0 Å². The predicted octanol–water partition coefficient (Wildman–Crippen LogP) is 5.49. The van der Waals surface area contributed by atoms with E-state index in [1.54, 1.807) is 6.08 Å². The molecule has 0 heterocycles. The van der Waals surface area contributed by atoms with Crippen LogP contribution in [0.2, 0.25) is 0 Å². The van der Waals surface area contributed by atoms with Crippen LogP contribution < -0.4 is 4.74 Å². The van der Waals surface area contributed by atoms with Gasteiger partial charge in [-0.15, -0.1) is 0 Å². The number of hydrogen-bond donors (Lipinski definition) is 0. The molecule has 1 aromatic rings. The van der Waals surface area contributed by atoms with Crippen molar-refractivity contribution in [1.82, 2.24) is 0 Å². The van der Waals surface area contributed by atoms with E-state index in [9.17, 15) is 4.79 Å². The van der Waals surface area contributed by atoms with Crippen molar-refractivity contribution in [2.75, 3.05) is 26.9 Å². The normalized spacial score (nSPS) is 13.2. The molecule has 0 aromatic heterocycles. The average molecular weight is 428 g/mol. The van der Waals surface area contributed by atoms with Crippen LogP contribution in [0.15, 0.2) is 59.6 Å². The van der Waals surface area contributed by atoms with Crippen LogP contribution in [0.4, 0.5) is 0 Å². The number of methoxy groups -OCH3 is 1. The molecule has 0 bridgehead atoms. The van der Waals surface area contributed by atoms with Crippen molar-refractivity contribution in [2.24, 2.45) is 10.9 Å². The summed E-state index contributed by atoms with van der Waals surface area (Å²) < 4.78 is 16.4. The Hall–Kier alpha value is -2.82. The van der Waals surface area contributed by atoms with E-state index in [1.807, 2.05) is 51.1 Å². The zero-order chi connectivity index (χ0) is 23.1. The maximum atomic E-state index is 11.7. The summed E-state index contributed by atoms with van der Waals surface area (Å²) >= 11 is 0. The highest BCUT2D eigenvalue weighted by Gasteiger charge is 2.15. The first kappa shape index (κ1) is 26.2. The third-order valence-electron chi connectivity index (χ3n) is 4.73. The Morgan fingerprint density at radius 2 is 2.03 bits per heavy atom. The van der Waals surface area contributed by atoms with Crippen molar-refractivity contribution in [1.29, 1.82) is 0 Å². The topological polar surface area (TPSA) is 57.1 Å². The molecule has 0 aliphatic carbocycles. The minimum absolute atomic E-state index is 0.165. The molecule has 0 fully saturated rings. The van der Waals surface area contributed by atoms with Gasteiger partial charge in [0.05, 0.1) is 26.2 Å². The molecule has 0 aliphatic heterocycles. The van der Waals surface area contributed by atoms with Gasteiger partial charge in [-0.05, 0) is 56.0 Å². The Bertz CT molecular complexity index is 793. The first-order valence-corrected chi connectivity index (χ1v) is 11.0. The Labute approximate surface area is 187 Å². The molecule has 5 nitrogen and oxygen atoms in total. The molecule has 0 saturated heterocycles. The zero-order valence-corrected chi connectivity index (χ0v) is 19.6. The molecule has 0 unspecified atom stereocenters. The van der Waals surface area contributed by atoms with E-state index >= 15 is 0 Å². The van der Waals surface area contributed by atoms with Gasteiger partial charge >= 0.3 is 5.97 Å². The predicted molar refractivity (Wildman–Crippen MR) is 128 cm³/mol. The number of aliphatic imine (C=N–C) groups is 1. The van der Waals surface area contributed by atoms with E-state index in [4.69, 9.17) is 14.2 Å².